The van der Waals surface area contributed by atoms with E-state index in [1.165, 1.54) is 21.3 Å². The highest BCUT2D eigenvalue weighted by molar-refractivity contribution is 5.98. The number of pyridine rings is 2. The lowest BCUT2D eigenvalue weighted by atomic mass is 10.2. The summed E-state index contributed by atoms with van der Waals surface area (Å²) in [4.78, 5) is 25.4. The van der Waals surface area contributed by atoms with E-state index in [0.29, 0.717) is 46.2 Å². The monoisotopic (exact) mass is 462 g/mol. The number of rotatable bonds is 8. The van der Waals surface area contributed by atoms with Crippen molar-refractivity contribution in [3.8, 4) is 23.0 Å². The largest absolute Gasteiger partial charge is 0.492 e. The van der Waals surface area contributed by atoms with Gasteiger partial charge < -0.3 is 25.4 Å². The second-order valence-electron chi connectivity index (χ2n) is 6.87. The van der Waals surface area contributed by atoms with E-state index in [4.69, 9.17) is 9.47 Å². The van der Waals surface area contributed by atoms with Gasteiger partial charge in [0.05, 0.1) is 25.5 Å². The number of aromatic nitrogens is 7. The van der Waals surface area contributed by atoms with Crippen LogP contribution in [0.1, 0.15) is 10.5 Å². The lowest BCUT2D eigenvalue weighted by Gasteiger charge is -2.15. The molecule has 0 aliphatic heterocycles. The van der Waals surface area contributed by atoms with Crippen LogP contribution in [0.15, 0.2) is 42.9 Å². The van der Waals surface area contributed by atoms with Crippen molar-refractivity contribution in [2.75, 3.05) is 31.9 Å². The van der Waals surface area contributed by atoms with Crippen molar-refractivity contribution in [2.45, 2.75) is 0 Å². The third-order valence-electron chi connectivity index (χ3n) is 4.63. The molecule has 4 aromatic rings. The van der Waals surface area contributed by atoms with E-state index in [1.807, 2.05) is 0 Å². The zero-order valence-corrected chi connectivity index (χ0v) is 18.9. The van der Waals surface area contributed by atoms with Crippen LogP contribution in [0.5, 0.6) is 11.6 Å². The number of amides is 1. The maximum atomic E-state index is 12.4. The Morgan fingerprint density at radius 3 is 2.59 bits per heavy atom. The summed E-state index contributed by atoms with van der Waals surface area (Å²) in [6.45, 7) is 0. The summed E-state index contributed by atoms with van der Waals surface area (Å²) in [6.07, 6.45) is 3.17. The number of anilines is 4. The predicted molar refractivity (Wildman–Crippen MR) is 124 cm³/mol. The van der Waals surface area contributed by atoms with E-state index in [2.05, 4.69) is 46.2 Å². The molecule has 0 aliphatic carbocycles. The summed E-state index contributed by atoms with van der Waals surface area (Å²) in [5, 5.41) is 21.2. The van der Waals surface area contributed by atoms with Crippen LogP contribution >= 0.6 is 0 Å². The minimum absolute atomic E-state index is 0.0665. The fourth-order valence-electron chi connectivity index (χ4n) is 3.07. The molecule has 0 bridgehead atoms. The minimum Gasteiger partial charge on any atom is -0.492 e. The lowest BCUT2D eigenvalue weighted by molar-refractivity contribution is 0.0958. The first-order chi connectivity index (χ1) is 16.5. The van der Waals surface area contributed by atoms with Crippen molar-refractivity contribution >= 4 is 29.0 Å². The zero-order chi connectivity index (χ0) is 24.1. The standard InChI is InChI=1S/C21H22N10O3/c1-22-21(32)17-13(10-15(28-29-17)26-14-6-5-7-16(27-14)33-3)25-20-18(34-4)12(8-9-23-20)19-24-11-31(2)30-19/h5-11H,1-4H3,(H,22,32)(H2,23,25,26,27,28). The molecule has 0 unspecified atom stereocenters. The number of carbonyl (C=O) groups excluding carboxylic acids is 1. The second-order valence-corrected chi connectivity index (χ2v) is 6.87. The number of methoxy groups -OCH3 is 2. The van der Waals surface area contributed by atoms with Crippen LogP contribution in [0.2, 0.25) is 0 Å². The number of hydrogen-bond donors (Lipinski definition) is 3. The van der Waals surface area contributed by atoms with Crippen LogP contribution in [0.4, 0.5) is 23.1 Å². The Labute approximate surface area is 194 Å². The molecule has 4 rings (SSSR count). The maximum absolute atomic E-state index is 12.4. The summed E-state index contributed by atoms with van der Waals surface area (Å²) in [5.74, 6) is 2.06. The summed E-state index contributed by atoms with van der Waals surface area (Å²) in [7, 11) is 6.32. The van der Waals surface area contributed by atoms with Gasteiger partial charge in [0.2, 0.25) is 5.88 Å². The molecule has 174 valence electrons. The third-order valence-corrected chi connectivity index (χ3v) is 4.63. The summed E-state index contributed by atoms with van der Waals surface area (Å²) < 4.78 is 12.3. The van der Waals surface area contributed by atoms with Crippen molar-refractivity contribution in [3.05, 3.63) is 48.5 Å². The molecule has 0 saturated carbocycles. The van der Waals surface area contributed by atoms with Gasteiger partial charge in [0.1, 0.15) is 12.1 Å². The van der Waals surface area contributed by atoms with Crippen LogP contribution in [0.3, 0.4) is 0 Å². The van der Waals surface area contributed by atoms with E-state index in [1.54, 1.807) is 54.6 Å². The first-order valence-electron chi connectivity index (χ1n) is 10.1. The topological polar surface area (TPSA) is 154 Å². The van der Waals surface area contributed by atoms with E-state index in [0.717, 1.165) is 0 Å². The van der Waals surface area contributed by atoms with Gasteiger partial charge in [-0.25, -0.2) is 9.97 Å². The Morgan fingerprint density at radius 1 is 1.03 bits per heavy atom. The number of nitrogens with one attached hydrogen (secondary N) is 3. The van der Waals surface area contributed by atoms with Crippen LogP contribution in [-0.2, 0) is 7.05 Å². The Balaban J connectivity index is 1.72. The zero-order valence-electron chi connectivity index (χ0n) is 18.9. The van der Waals surface area contributed by atoms with Crippen molar-refractivity contribution in [2.24, 2.45) is 7.05 Å². The van der Waals surface area contributed by atoms with E-state index < -0.39 is 5.91 Å². The van der Waals surface area contributed by atoms with E-state index in [-0.39, 0.29) is 5.69 Å². The molecule has 0 atom stereocenters. The normalized spacial score (nSPS) is 10.5. The molecule has 4 aromatic heterocycles. The number of nitrogens with zero attached hydrogens (tertiary/aromatic N) is 7. The number of carbonyl (C=O) groups is 1. The van der Waals surface area contributed by atoms with Crippen molar-refractivity contribution < 1.29 is 14.3 Å². The Morgan fingerprint density at radius 2 is 1.88 bits per heavy atom. The van der Waals surface area contributed by atoms with Gasteiger partial charge in [-0.15, -0.1) is 10.2 Å². The van der Waals surface area contributed by atoms with Crippen molar-refractivity contribution in [3.63, 3.8) is 0 Å². The molecule has 13 nitrogen and oxygen atoms in total. The molecule has 13 heteroatoms. The van der Waals surface area contributed by atoms with Crippen LogP contribution in [0, 0.1) is 0 Å². The van der Waals surface area contributed by atoms with Crippen molar-refractivity contribution in [1.82, 2.24) is 40.2 Å². The van der Waals surface area contributed by atoms with E-state index >= 15 is 0 Å². The minimum atomic E-state index is -0.428. The molecular formula is C21H22N10O3. The Kier molecular flexibility index (Phi) is 6.43. The fraction of sp³-hybridized carbons (Fsp3) is 0.190. The fourth-order valence-corrected chi connectivity index (χ4v) is 3.07. The van der Waals surface area contributed by atoms with Gasteiger partial charge in [0.15, 0.2) is 28.9 Å². The van der Waals surface area contributed by atoms with Crippen LogP contribution < -0.4 is 25.4 Å². The van der Waals surface area contributed by atoms with Gasteiger partial charge in [-0.1, -0.05) is 6.07 Å². The molecule has 0 fully saturated rings. The molecule has 0 spiro atoms. The molecule has 34 heavy (non-hydrogen) atoms. The predicted octanol–water partition coefficient (Wildman–Crippen LogP) is 1.93. The van der Waals surface area contributed by atoms with E-state index in [9.17, 15) is 4.79 Å². The van der Waals surface area contributed by atoms with Gasteiger partial charge in [-0.2, -0.15) is 10.1 Å². The van der Waals surface area contributed by atoms with Gasteiger partial charge in [-0.05, 0) is 12.1 Å². The molecule has 3 N–H and O–H groups in total. The summed E-state index contributed by atoms with van der Waals surface area (Å²) in [5.41, 5.74) is 1.04. The van der Waals surface area contributed by atoms with Gasteiger partial charge >= 0.3 is 0 Å². The second kappa shape index (κ2) is 9.77. The smallest absolute Gasteiger partial charge is 0.273 e. The lowest BCUT2D eigenvalue weighted by Crippen LogP contribution is -2.21. The first-order valence-corrected chi connectivity index (χ1v) is 10.1. The number of hydrogen-bond acceptors (Lipinski definition) is 11. The number of aryl methyl sites for hydroxylation is 1. The molecule has 0 aromatic carbocycles. The quantitative estimate of drug-likeness (QED) is 0.352. The molecule has 0 radical (unpaired) electrons. The highest BCUT2D eigenvalue weighted by Gasteiger charge is 2.20. The molecule has 4 heterocycles. The highest BCUT2D eigenvalue weighted by Crippen LogP contribution is 2.35. The Hall–Kier alpha value is -4.81. The average molecular weight is 462 g/mol. The van der Waals surface area contributed by atoms with Crippen molar-refractivity contribution in [1.29, 1.82) is 0 Å². The van der Waals surface area contributed by atoms with Gasteiger partial charge in [0.25, 0.3) is 5.91 Å². The van der Waals surface area contributed by atoms with Gasteiger partial charge in [0, 0.05) is 32.4 Å². The molecule has 0 aliphatic rings. The maximum Gasteiger partial charge on any atom is 0.273 e. The highest BCUT2D eigenvalue weighted by atomic mass is 16.5. The van der Waals surface area contributed by atoms with Crippen LogP contribution in [0.25, 0.3) is 11.4 Å². The number of ether oxygens (including phenoxy) is 2. The van der Waals surface area contributed by atoms with Gasteiger partial charge in [-0.3, -0.25) is 9.48 Å². The SMILES string of the molecule is CNC(=O)c1nnc(Nc2cccc(OC)n2)cc1Nc1nccc(-c2ncn(C)n2)c1OC. The molecular weight excluding hydrogens is 440 g/mol. The summed E-state index contributed by atoms with van der Waals surface area (Å²) >= 11 is 0. The van der Waals surface area contributed by atoms with Crippen LogP contribution in [-0.4, -0.2) is 62.1 Å². The molecule has 1 amide bonds. The summed E-state index contributed by atoms with van der Waals surface area (Å²) in [6, 6.07) is 8.61. The Bertz CT molecular complexity index is 1320. The third kappa shape index (κ3) is 4.67. The first kappa shape index (κ1) is 22.4. The average Bonchev–Trinajstić information content (AvgIpc) is 3.29. The molecule has 0 saturated heterocycles.